The quantitative estimate of drug-likeness (QED) is 0.472. The van der Waals surface area contributed by atoms with Crippen molar-refractivity contribution < 1.29 is 29.6 Å². The Morgan fingerprint density at radius 2 is 1.52 bits per heavy atom. The number of hydrogen-bond donors (Lipinski definition) is 3. The number of aliphatic carboxylic acids is 2. The zero-order valence-corrected chi connectivity index (χ0v) is 19.4. The van der Waals surface area contributed by atoms with E-state index in [4.69, 9.17) is 31.7 Å². The van der Waals surface area contributed by atoms with Gasteiger partial charge in [0.25, 0.3) is 0 Å². The highest BCUT2D eigenvalue weighted by molar-refractivity contribution is 6.30. The van der Waals surface area contributed by atoms with Crippen LogP contribution in [0.1, 0.15) is 24.1 Å². The molecule has 0 spiro atoms. The molecule has 0 saturated carbocycles. The van der Waals surface area contributed by atoms with Crippen LogP contribution in [0.15, 0.2) is 54.6 Å². The molecule has 2 unspecified atom stereocenters. The van der Waals surface area contributed by atoms with E-state index in [-0.39, 0.29) is 12.6 Å². The maximum absolute atomic E-state index is 10.5. The monoisotopic (exact) mass is 478 g/mol. The van der Waals surface area contributed by atoms with Gasteiger partial charge in [0.05, 0.1) is 12.6 Å². The zero-order chi connectivity index (χ0) is 24.2. The number of aliphatic hydroxyl groups excluding tert-OH is 1. The van der Waals surface area contributed by atoms with E-state index < -0.39 is 18.0 Å². The third-order valence-corrected chi connectivity index (χ3v) is 5.46. The molecule has 3 rings (SSSR count). The van der Waals surface area contributed by atoms with E-state index in [1.54, 1.807) is 0 Å². The van der Waals surface area contributed by atoms with Crippen LogP contribution in [0, 0.1) is 0 Å². The molecular weight excluding hydrogens is 448 g/mol. The van der Waals surface area contributed by atoms with Gasteiger partial charge in [-0.05, 0) is 30.2 Å². The number of carboxylic acids is 2. The van der Waals surface area contributed by atoms with Crippen molar-refractivity contribution in [3.05, 3.63) is 70.7 Å². The summed E-state index contributed by atoms with van der Waals surface area (Å²) in [6.45, 7) is 5.95. The van der Waals surface area contributed by atoms with Crippen LogP contribution in [0.25, 0.3) is 0 Å². The predicted molar refractivity (Wildman–Crippen MR) is 126 cm³/mol. The van der Waals surface area contributed by atoms with E-state index in [9.17, 15) is 9.59 Å². The molecule has 1 saturated heterocycles. The number of hydrogen-bond acceptors (Lipinski definition) is 6. The van der Waals surface area contributed by atoms with Crippen molar-refractivity contribution in [2.45, 2.75) is 19.1 Å². The van der Waals surface area contributed by atoms with E-state index in [1.807, 2.05) is 18.2 Å². The van der Waals surface area contributed by atoms with Gasteiger partial charge >= 0.3 is 11.9 Å². The molecular formula is C24H31ClN2O6. The lowest BCUT2D eigenvalue weighted by Crippen LogP contribution is -2.48. The van der Waals surface area contributed by atoms with Gasteiger partial charge in [-0.15, -0.1) is 0 Å². The second-order valence-corrected chi connectivity index (χ2v) is 8.14. The lowest BCUT2D eigenvalue weighted by atomic mass is 9.96. The van der Waals surface area contributed by atoms with Gasteiger partial charge in [0.2, 0.25) is 0 Å². The highest BCUT2D eigenvalue weighted by Crippen LogP contribution is 2.30. The van der Waals surface area contributed by atoms with E-state index in [0.717, 1.165) is 37.7 Å². The van der Waals surface area contributed by atoms with Gasteiger partial charge in [-0.25, -0.2) is 9.59 Å². The largest absolute Gasteiger partial charge is 0.480 e. The number of rotatable bonds is 9. The molecule has 2 aromatic rings. The molecule has 180 valence electrons. The van der Waals surface area contributed by atoms with Crippen molar-refractivity contribution in [2.75, 3.05) is 45.9 Å². The summed E-state index contributed by atoms with van der Waals surface area (Å²) in [7, 11) is 0. The summed E-state index contributed by atoms with van der Waals surface area (Å²) >= 11 is 6.08. The molecule has 0 amide bonds. The third-order valence-electron chi connectivity index (χ3n) is 5.21. The molecule has 8 nitrogen and oxygen atoms in total. The number of aliphatic hydroxyl groups is 1. The molecule has 1 aliphatic heterocycles. The van der Waals surface area contributed by atoms with Crippen molar-refractivity contribution in [2.24, 2.45) is 0 Å². The van der Waals surface area contributed by atoms with Gasteiger partial charge < -0.3 is 20.1 Å². The van der Waals surface area contributed by atoms with Crippen molar-refractivity contribution >= 4 is 23.5 Å². The van der Waals surface area contributed by atoms with Crippen LogP contribution in [0.5, 0.6) is 0 Å². The SMILES string of the molecule is CC(O)C(=O)O.O=C(O)COCCN1CCN(C(c2ccccc2)c2ccc(Cl)cc2)CC1. The first-order valence-electron chi connectivity index (χ1n) is 10.7. The standard InChI is InChI=1S/C21H25ClN2O3.C3H6O3/c22-19-8-6-18(7-9-19)21(17-4-2-1-3-5-17)24-12-10-23(11-13-24)14-15-27-16-20(25)26;1-2(4)3(5)6/h1-9,21H,10-16H2,(H,25,26);2,4H,1H3,(H,5,6). The van der Waals surface area contributed by atoms with E-state index >= 15 is 0 Å². The van der Waals surface area contributed by atoms with Crippen LogP contribution in [-0.2, 0) is 14.3 Å². The Hall–Kier alpha value is -2.49. The van der Waals surface area contributed by atoms with Gasteiger partial charge in [-0.3, -0.25) is 9.80 Å². The first-order valence-corrected chi connectivity index (χ1v) is 11.1. The highest BCUT2D eigenvalue weighted by Gasteiger charge is 2.26. The minimum atomic E-state index is -1.23. The van der Waals surface area contributed by atoms with Gasteiger partial charge in [0.1, 0.15) is 12.7 Å². The second-order valence-electron chi connectivity index (χ2n) is 7.70. The van der Waals surface area contributed by atoms with Crippen LogP contribution in [0.2, 0.25) is 5.02 Å². The summed E-state index contributed by atoms with van der Waals surface area (Å²) < 4.78 is 5.15. The molecule has 33 heavy (non-hydrogen) atoms. The van der Waals surface area contributed by atoms with Crippen molar-refractivity contribution in [3.8, 4) is 0 Å². The molecule has 2 atom stereocenters. The summed E-state index contributed by atoms with van der Waals surface area (Å²) in [4.78, 5) is 24.8. The minimum Gasteiger partial charge on any atom is -0.480 e. The fraction of sp³-hybridized carbons (Fsp3) is 0.417. The minimum absolute atomic E-state index is 0.203. The predicted octanol–water partition coefficient (Wildman–Crippen LogP) is 2.60. The maximum Gasteiger partial charge on any atom is 0.332 e. The number of nitrogens with zero attached hydrogens (tertiary/aromatic N) is 2. The molecule has 3 N–H and O–H groups in total. The van der Waals surface area contributed by atoms with Crippen molar-refractivity contribution in [3.63, 3.8) is 0 Å². The Labute approximate surface area is 199 Å². The lowest BCUT2D eigenvalue weighted by Gasteiger charge is -2.39. The molecule has 2 aromatic carbocycles. The van der Waals surface area contributed by atoms with Gasteiger partial charge in [0, 0.05) is 37.7 Å². The van der Waals surface area contributed by atoms with E-state index in [2.05, 4.69) is 46.2 Å². The number of halogens is 1. The molecule has 1 aliphatic rings. The summed E-state index contributed by atoms with van der Waals surface area (Å²) in [6, 6.07) is 18.8. The summed E-state index contributed by atoms with van der Waals surface area (Å²) in [5.41, 5.74) is 2.52. The fourth-order valence-electron chi connectivity index (χ4n) is 3.49. The third kappa shape index (κ3) is 9.49. The summed E-state index contributed by atoms with van der Waals surface area (Å²) in [5, 5.41) is 25.1. The van der Waals surface area contributed by atoms with Crippen LogP contribution in [0.4, 0.5) is 0 Å². The number of carbonyl (C=O) groups is 2. The van der Waals surface area contributed by atoms with Crippen molar-refractivity contribution in [1.82, 2.24) is 9.80 Å². The average molecular weight is 479 g/mol. The lowest BCUT2D eigenvalue weighted by molar-refractivity contribution is -0.145. The molecule has 1 fully saturated rings. The molecule has 1 heterocycles. The van der Waals surface area contributed by atoms with Crippen LogP contribution in [0.3, 0.4) is 0 Å². The highest BCUT2D eigenvalue weighted by atomic mass is 35.5. The smallest absolute Gasteiger partial charge is 0.332 e. The number of benzene rings is 2. The first kappa shape index (κ1) is 26.8. The molecule has 9 heteroatoms. The van der Waals surface area contributed by atoms with Crippen LogP contribution in [-0.4, -0.2) is 89.1 Å². The molecule has 0 bridgehead atoms. The number of carboxylic acid groups (broad SMARTS) is 2. The van der Waals surface area contributed by atoms with E-state index in [1.165, 1.54) is 18.1 Å². The van der Waals surface area contributed by atoms with Gasteiger partial charge in [-0.2, -0.15) is 0 Å². The van der Waals surface area contributed by atoms with E-state index in [0.29, 0.717) is 6.61 Å². The second kappa shape index (κ2) is 13.9. The summed E-state index contributed by atoms with van der Waals surface area (Å²) in [5.74, 6) is -2.11. The Balaban J connectivity index is 0.000000569. The van der Waals surface area contributed by atoms with Gasteiger partial charge in [0.15, 0.2) is 0 Å². The summed E-state index contributed by atoms with van der Waals surface area (Å²) in [6.07, 6.45) is -1.23. The number of piperazine rings is 1. The van der Waals surface area contributed by atoms with Gasteiger partial charge in [-0.1, -0.05) is 54.1 Å². The number of ether oxygens (including phenoxy) is 1. The van der Waals surface area contributed by atoms with Crippen LogP contribution < -0.4 is 0 Å². The average Bonchev–Trinajstić information content (AvgIpc) is 2.80. The Kier molecular flexibility index (Phi) is 11.3. The van der Waals surface area contributed by atoms with Crippen LogP contribution >= 0.6 is 11.6 Å². The Morgan fingerprint density at radius 1 is 0.970 bits per heavy atom. The molecule has 0 aliphatic carbocycles. The molecule has 0 radical (unpaired) electrons. The first-order chi connectivity index (χ1) is 15.8. The molecule has 0 aromatic heterocycles. The fourth-order valence-corrected chi connectivity index (χ4v) is 3.62. The zero-order valence-electron chi connectivity index (χ0n) is 18.6. The maximum atomic E-state index is 10.5. The normalized spacial score (nSPS) is 16.3. The van der Waals surface area contributed by atoms with Crippen molar-refractivity contribution in [1.29, 1.82) is 0 Å². The Bertz CT molecular complexity index is 855. The topological polar surface area (TPSA) is 111 Å². The Morgan fingerprint density at radius 3 is 2.03 bits per heavy atom.